The maximum Gasteiger partial charge on any atom is 0.240 e. The first-order chi connectivity index (χ1) is 8.24. The van der Waals surface area contributed by atoms with E-state index in [1.54, 1.807) is 6.26 Å². The molecule has 2 atom stereocenters. The number of hydrogen-bond acceptors (Lipinski definition) is 3. The van der Waals surface area contributed by atoms with E-state index in [0.717, 1.165) is 31.7 Å². The van der Waals surface area contributed by atoms with Crippen molar-refractivity contribution in [3.63, 3.8) is 0 Å². The molecule has 0 radical (unpaired) electrons. The van der Waals surface area contributed by atoms with Gasteiger partial charge in [-0.2, -0.15) is 0 Å². The standard InChI is InChI=1S/C13H20N2O2/c1-3-14-11-6-4-8-15(13(11)16)10(2)12-7-5-9-17-12/h5,7,9-11,14H,3-4,6,8H2,1-2H3. The quantitative estimate of drug-likeness (QED) is 0.869. The number of hydrogen-bond donors (Lipinski definition) is 1. The van der Waals surface area contributed by atoms with E-state index in [1.165, 1.54) is 0 Å². The molecule has 1 aromatic heterocycles. The third-order valence-electron chi connectivity index (χ3n) is 3.35. The van der Waals surface area contributed by atoms with Crippen molar-refractivity contribution in [1.29, 1.82) is 0 Å². The second kappa shape index (κ2) is 5.36. The van der Waals surface area contributed by atoms with E-state index in [-0.39, 0.29) is 18.0 Å². The number of nitrogens with one attached hydrogen (secondary N) is 1. The number of carbonyl (C=O) groups is 1. The molecule has 0 aromatic carbocycles. The van der Waals surface area contributed by atoms with E-state index in [0.29, 0.717) is 0 Å². The van der Waals surface area contributed by atoms with Gasteiger partial charge in [0.1, 0.15) is 5.76 Å². The average molecular weight is 236 g/mol. The molecule has 0 spiro atoms. The lowest BCUT2D eigenvalue weighted by Gasteiger charge is -2.36. The van der Waals surface area contributed by atoms with Crippen LogP contribution in [0.3, 0.4) is 0 Å². The van der Waals surface area contributed by atoms with Crippen LogP contribution < -0.4 is 5.32 Å². The molecule has 1 aliphatic heterocycles. The number of amides is 1. The molecule has 0 saturated carbocycles. The van der Waals surface area contributed by atoms with Gasteiger partial charge in [0.05, 0.1) is 18.3 Å². The van der Waals surface area contributed by atoms with E-state index >= 15 is 0 Å². The predicted octanol–water partition coefficient (Wildman–Crippen LogP) is 1.94. The molecule has 1 aliphatic rings. The molecule has 1 fully saturated rings. The van der Waals surface area contributed by atoms with Gasteiger partial charge in [-0.15, -0.1) is 0 Å². The Balaban J connectivity index is 2.07. The lowest BCUT2D eigenvalue weighted by atomic mass is 10.0. The van der Waals surface area contributed by atoms with Gasteiger partial charge in [-0.05, 0) is 38.4 Å². The Kier molecular flexibility index (Phi) is 3.84. The van der Waals surface area contributed by atoms with Crippen LogP contribution in [0.5, 0.6) is 0 Å². The van der Waals surface area contributed by atoms with Crippen molar-refractivity contribution in [2.45, 2.75) is 38.8 Å². The lowest BCUT2D eigenvalue weighted by molar-refractivity contribution is -0.138. The molecule has 4 nitrogen and oxygen atoms in total. The zero-order valence-corrected chi connectivity index (χ0v) is 10.5. The number of furan rings is 1. The minimum absolute atomic E-state index is 0.0221. The van der Waals surface area contributed by atoms with E-state index in [1.807, 2.05) is 30.9 Å². The fourth-order valence-corrected chi connectivity index (χ4v) is 2.40. The van der Waals surface area contributed by atoms with Crippen molar-refractivity contribution in [2.75, 3.05) is 13.1 Å². The number of piperidine rings is 1. The smallest absolute Gasteiger partial charge is 0.240 e. The van der Waals surface area contributed by atoms with E-state index in [9.17, 15) is 4.79 Å². The third-order valence-corrected chi connectivity index (χ3v) is 3.35. The normalized spacial score (nSPS) is 22.8. The maximum atomic E-state index is 12.3. The van der Waals surface area contributed by atoms with Crippen molar-refractivity contribution < 1.29 is 9.21 Å². The van der Waals surface area contributed by atoms with Crippen LogP contribution in [0.15, 0.2) is 22.8 Å². The average Bonchev–Trinajstić information content (AvgIpc) is 2.85. The molecular formula is C13H20N2O2. The first kappa shape index (κ1) is 12.2. The van der Waals surface area contributed by atoms with Crippen molar-refractivity contribution >= 4 is 5.91 Å². The van der Waals surface area contributed by atoms with Crippen LogP contribution in [0.4, 0.5) is 0 Å². The molecule has 1 N–H and O–H groups in total. The summed E-state index contributed by atoms with van der Waals surface area (Å²) in [6.45, 7) is 5.70. The van der Waals surface area contributed by atoms with E-state index < -0.39 is 0 Å². The first-order valence-electron chi connectivity index (χ1n) is 6.31. The number of likely N-dealkylation sites (N-methyl/N-ethyl adjacent to an activating group) is 1. The minimum Gasteiger partial charge on any atom is -0.467 e. The van der Waals surface area contributed by atoms with Crippen LogP contribution in [0.2, 0.25) is 0 Å². The summed E-state index contributed by atoms with van der Waals surface area (Å²) in [6.07, 6.45) is 3.64. The number of rotatable bonds is 4. The highest BCUT2D eigenvalue weighted by atomic mass is 16.3. The van der Waals surface area contributed by atoms with Crippen LogP contribution in [0.1, 0.15) is 38.5 Å². The van der Waals surface area contributed by atoms with Gasteiger partial charge in [-0.25, -0.2) is 0 Å². The second-order valence-corrected chi connectivity index (χ2v) is 4.48. The van der Waals surface area contributed by atoms with Gasteiger partial charge in [0.25, 0.3) is 0 Å². The predicted molar refractivity (Wildman–Crippen MR) is 65.5 cm³/mol. The number of carbonyl (C=O) groups excluding carboxylic acids is 1. The van der Waals surface area contributed by atoms with Gasteiger partial charge in [0.2, 0.25) is 5.91 Å². The van der Waals surface area contributed by atoms with Crippen molar-refractivity contribution in [2.24, 2.45) is 0 Å². The summed E-state index contributed by atoms with van der Waals surface area (Å²) in [5.74, 6) is 1.05. The van der Waals surface area contributed by atoms with E-state index in [4.69, 9.17) is 4.42 Å². The largest absolute Gasteiger partial charge is 0.467 e. The lowest BCUT2D eigenvalue weighted by Crippen LogP contribution is -2.51. The van der Waals surface area contributed by atoms with Crippen LogP contribution >= 0.6 is 0 Å². The molecule has 17 heavy (non-hydrogen) atoms. The molecule has 0 aliphatic carbocycles. The summed E-state index contributed by atoms with van der Waals surface area (Å²) < 4.78 is 5.38. The molecule has 94 valence electrons. The summed E-state index contributed by atoms with van der Waals surface area (Å²) >= 11 is 0. The number of nitrogens with zero attached hydrogens (tertiary/aromatic N) is 1. The Morgan fingerprint density at radius 3 is 3.12 bits per heavy atom. The Labute approximate surface area is 102 Å². The molecule has 1 aromatic rings. The highest BCUT2D eigenvalue weighted by molar-refractivity contribution is 5.83. The topological polar surface area (TPSA) is 45.5 Å². The Morgan fingerprint density at radius 1 is 1.65 bits per heavy atom. The van der Waals surface area contributed by atoms with Crippen LogP contribution in [-0.4, -0.2) is 29.9 Å². The molecule has 2 heterocycles. The molecule has 0 bridgehead atoms. The summed E-state index contributed by atoms with van der Waals surface area (Å²) in [6, 6.07) is 3.79. The van der Waals surface area contributed by atoms with Gasteiger partial charge in [0.15, 0.2) is 0 Å². The Morgan fingerprint density at radius 2 is 2.47 bits per heavy atom. The van der Waals surface area contributed by atoms with Crippen LogP contribution in [-0.2, 0) is 4.79 Å². The van der Waals surface area contributed by atoms with Crippen LogP contribution in [0, 0.1) is 0 Å². The molecule has 1 saturated heterocycles. The van der Waals surface area contributed by atoms with Gasteiger partial charge >= 0.3 is 0 Å². The first-order valence-corrected chi connectivity index (χ1v) is 6.31. The second-order valence-electron chi connectivity index (χ2n) is 4.48. The molecule has 4 heteroatoms. The molecule has 2 rings (SSSR count). The van der Waals surface area contributed by atoms with Gasteiger partial charge in [-0.3, -0.25) is 4.79 Å². The summed E-state index contributed by atoms with van der Waals surface area (Å²) in [4.78, 5) is 14.2. The summed E-state index contributed by atoms with van der Waals surface area (Å²) in [5, 5.41) is 3.24. The third kappa shape index (κ3) is 2.52. The Hall–Kier alpha value is -1.29. The fourth-order valence-electron chi connectivity index (χ4n) is 2.40. The molecule has 1 amide bonds. The van der Waals surface area contributed by atoms with Gasteiger partial charge in [-0.1, -0.05) is 6.92 Å². The zero-order valence-electron chi connectivity index (χ0n) is 10.5. The fraction of sp³-hybridized carbons (Fsp3) is 0.615. The molecule has 2 unspecified atom stereocenters. The maximum absolute atomic E-state index is 12.3. The highest BCUT2D eigenvalue weighted by Crippen LogP contribution is 2.25. The minimum atomic E-state index is -0.0221. The van der Waals surface area contributed by atoms with Gasteiger partial charge < -0.3 is 14.6 Å². The monoisotopic (exact) mass is 236 g/mol. The molecular weight excluding hydrogens is 216 g/mol. The summed E-state index contributed by atoms with van der Waals surface area (Å²) in [7, 11) is 0. The van der Waals surface area contributed by atoms with Gasteiger partial charge in [0, 0.05) is 6.54 Å². The van der Waals surface area contributed by atoms with Crippen molar-refractivity contribution in [3.8, 4) is 0 Å². The zero-order chi connectivity index (χ0) is 12.3. The van der Waals surface area contributed by atoms with E-state index in [2.05, 4.69) is 5.32 Å². The SMILES string of the molecule is CCNC1CCCN(C(C)c2ccco2)C1=O. The highest BCUT2D eigenvalue weighted by Gasteiger charge is 2.32. The van der Waals surface area contributed by atoms with Crippen molar-refractivity contribution in [3.05, 3.63) is 24.2 Å². The van der Waals surface area contributed by atoms with Crippen molar-refractivity contribution in [1.82, 2.24) is 10.2 Å². The summed E-state index contributed by atoms with van der Waals surface area (Å²) in [5.41, 5.74) is 0. The number of likely N-dealkylation sites (tertiary alicyclic amines) is 1. The van der Waals surface area contributed by atoms with Crippen LogP contribution in [0.25, 0.3) is 0 Å². The Bertz CT molecular complexity index is 360.